The van der Waals surface area contributed by atoms with Gasteiger partial charge < -0.3 is 13.7 Å². The van der Waals surface area contributed by atoms with E-state index in [1.165, 1.54) is 27.2 Å². The van der Waals surface area contributed by atoms with Gasteiger partial charge in [-0.05, 0) is 82.7 Å². The van der Waals surface area contributed by atoms with Gasteiger partial charge in [0, 0.05) is 55.2 Å². The molecule has 62 heavy (non-hydrogen) atoms. The predicted molar refractivity (Wildman–Crippen MR) is 252 cm³/mol. The summed E-state index contributed by atoms with van der Waals surface area (Å²) in [7, 11) is 0. The standard InChI is InChI=1S/C56H32N4O2/c1-3-14-33(15-4-1)53-55-54(41-20-9-12-25-48(41)62-55)58-56(57-53)60-44-23-10-7-18-37(44)43-30-34(27-29-46(43)60)35-26-28-38-39-21-13-22-42-51-40-19-8-11-24-45(40)59(36-16-5-2-6-17-36)47(51)32-50(52(39)42)61-49(38)31-35/h1-32H. The molecule has 9 aromatic carbocycles. The van der Waals surface area contributed by atoms with Crippen molar-refractivity contribution in [3.05, 3.63) is 194 Å². The SMILES string of the molecule is c1ccc(-c2nc(-n3c4ccccc4c4cc(-c5ccc6c(c5)Oc5cc7c(c8cccc-6c58)c5ccccc5n7-c5ccccc5)ccc43)nc3c2oc2ccccc23)cc1. The van der Waals surface area contributed by atoms with Gasteiger partial charge in [0.1, 0.15) is 28.3 Å². The molecule has 0 spiro atoms. The molecule has 0 unspecified atom stereocenters. The van der Waals surface area contributed by atoms with Gasteiger partial charge >= 0.3 is 0 Å². The second-order valence-corrected chi connectivity index (χ2v) is 16.1. The van der Waals surface area contributed by atoms with Gasteiger partial charge in [-0.25, -0.2) is 9.97 Å². The fraction of sp³-hybridized carbons (Fsp3) is 0. The topological polar surface area (TPSA) is 58.0 Å². The van der Waals surface area contributed by atoms with Crippen LogP contribution in [0.4, 0.5) is 0 Å². The van der Waals surface area contributed by atoms with Gasteiger partial charge in [-0.2, -0.15) is 0 Å². The normalized spacial score (nSPS) is 12.3. The molecule has 1 aliphatic rings. The number of furan rings is 1. The summed E-state index contributed by atoms with van der Waals surface area (Å²) in [4.78, 5) is 10.5. The summed E-state index contributed by atoms with van der Waals surface area (Å²) in [5.41, 5.74) is 13.9. The Labute approximate surface area is 354 Å². The number of ether oxygens (including phenoxy) is 1. The number of hydrogen-bond donors (Lipinski definition) is 0. The molecule has 6 nitrogen and oxygen atoms in total. The Bertz CT molecular complexity index is 4010. The van der Waals surface area contributed by atoms with Gasteiger partial charge in [-0.3, -0.25) is 4.57 Å². The third-order valence-corrected chi connectivity index (χ3v) is 12.7. The van der Waals surface area contributed by atoms with E-state index in [1.54, 1.807) is 0 Å². The number of hydrogen-bond acceptors (Lipinski definition) is 4. The van der Waals surface area contributed by atoms with Gasteiger partial charge in [0.25, 0.3) is 0 Å². The molecule has 0 saturated heterocycles. The number of aromatic nitrogens is 4. The summed E-state index contributed by atoms with van der Waals surface area (Å²) < 4.78 is 18.0. The van der Waals surface area contributed by atoms with E-state index in [1.807, 2.05) is 36.4 Å². The molecule has 5 heterocycles. The molecule has 0 N–H and O–H groups in total. The van der Waals surface area contributed by atoms with Crippen LogP contribution in [0.3, 0.4) is 0 Å². The van der Waals surface area contributed by atoms with Crippen molar-refractivity contribution in [2.75, 3.05) is 0 Å². The van der Waals surface area contributed by atoms with Crippen LogP contribution >= 0.6 is 0 Å². The van der Waals surface area contributed by atoms with Gasteiger partial charge in [0.05, 0.1) is 22.1 Å². The van der Waals surface area contributed by atoms with Crippen molar-refractivity contribution in [3.8, 4) is 56.6 Å². The zero-order valence-corrected chi connectivity index (χ0v) is 33.1. The number of nitrogens with zero attached hydrogens (tertiary/aromatic N) is 4. The van der Waals surface area contributed by atoms with Crippen molar-refractivity contribution in [1.29, 1.82) is 0 Å². The Kier molecular flexibility index (Phi) is 6.74. The maximum Gasteiger partial charge on any atom is 0.236 e. The molecular weight excluding hydrogens is 761 g/mol. The molecule has 0 saturated carbocycles. The van der Waals surface area contributed by atoms with Gasteiger partial charge in [0.2, 0.25) is 5.95 Å². The highest BCUT2D eigenvalue weighted by molar-refractivity contribution is 6.25. The van der Waals surface area contributed by atoms with Crippen molar-refractivity contribution in [3.63, 3.8) is 0 Å². The molecule has 0 bridgehead atoms. The van der Waals surface area contributed by atoms with Crippen LogP contribution in [0.5, 0.6) is 11.5 Å². The zero-order valence-electron chi connectivity index (χ0n) is 33.1. The first-order chi connectivity index (χ1) is 30.7. The van der Waals surface area contributed by atoms with Crippen LogP contribution in [0.25, 0.3) is 122 Å². The molecule has 14 rings (SSSR count). The smallest absolute Gasteiger partial charge is 0.236 e. The fourth-order valence-electron chi connectivity index (χ4n) is 10.0. The van der Waals surface area contributed by atoms with Crippen LogP contribution in [-0.2, 0) is 0 Å². The molecule has 4 aromatic heterocycles. The summed E-state index contributed by atoms with van der Waals surface area (Å²) in [6, 6.07) is 68.3. The minimum Gasteiger partial charge on any atom is -0.456 e. The lowest BCUT2D eigenvalue weighted by Gasteiger charge is -2.23. The Hall–Kier alpha value is -8.48. The molecule has 0 fully saturated rings. The van der Waals surface area contributed by atoms with Crippen LogP contribution in [0.2, 0.25) is 0 Å². The molecule has 0 aliphatic carbocycles. The molecule has 288 valence electrons. The van der Waals surface area contributed by atoms with Crippen LogP contribution in [0.15, 0.2) is 199 Å². The Balaban J connectivity index is 0.936. The van der Waals surface area contributed by atoms with Crippen LogP contribution < -0.4 is 4.74 Å². The van der Waals surface area contributed by atoms with E-state index in [9.17, 15) is 0 Å². The van der Waals surface area contributed by atoms with Crippen molar-refractivity contribution in [2.45, 2.75) is 0 Å². The summed E-state index contributed by atoms with van der Waals surface area (Å²) in [5, 5.41) is 8.00. The first-order valence-corrected chi connectivity index (χ1v) is 20.9. The minimum absolute atomic E-state index is 0.595. The minimum atomic E-state index is 0.595. The lowest BCUT2D eigenvalue weighted by molar-refractivity contribution is 0.488. The summed E-state index contributed by atoms with van der Waals surface area (Å²) in [5.74, 6) is 2.30. The number of benzene rings is 9. The van der Waals surface area contributed by atoms with Crippen molar-refractivity contribution >= 4 is 76.5 Å². The molecule has 13 aromatic rings. The van der Waals surface area contributed by atoms with Crippen molar-refractivity contribution < 1.29 is 9.15 Å². The molecule has 0 atom stereocenters. The monoisotopic (exact) mass is 792 g/mol. The quantitative estimate of drug-likeness (QED) is 0.178. The number of rotatable bonds is 4. The summed E-state index contributed by atoms with van der Waals surface area (Å²) in [6.45, 7) is 0. The Morgan fingerprint density at radius 1 is 0.387 bits per heavy atom. The molecule has 0 radical (unpaired) electrons. The summed E-state index contributed by atoms with van der Waals surface area (Å²) >= 11 is 0. The maximum atomic E-state index is 6.99. The largest absolute Gasteiger partial charge is 0.456 e. The van der Waals surface area contributed by atoms with Crippen molar-refractivity contribution in [2.24, 2.45) is 0 Å². The van der Waals surface area contributed by atoms with E-state index in [2.05, 4.69) is 167 Å². The van der Waals surface area contributed by atoms with Crippen LogP contribution in [0.1, 0.15) is 0 Å². The molecule has 1 aliphatic heterocycles. The van der Waals surface area contributed by atoms with Crippen LogP contribution in [-0.4, -0.2) is 19.1 Å². The van der Waals surface area contributed by atoms with E-state index in [0.717, 1.165) is 94.3 Å². The van der Waals surface area contributed by atoms with Crippen LogP contribution in [0, 0.1) is 0 Å². The molecular formula is C56H32N4O2. The highest BCUT2D eigenvalue weighted by atomic mass is 16.5. The highest BCUT2D eigenvalue weighted by Crippen LogP contribution is 2.51. The third-order valence-electron chi connectivity index (χ3n) is 12.7. The average molecular weight is 793 g/mol. The predicted octanol–water partition coefficient (Wildman–Crippen LogP) is 14.8. The second kappa shape index (κ2) is 12.5. The number of para-hydroxylation sites is 4. The molecule has 0 amide bonds. The highest BCUT2D eigenvalue weighted by Gasteiger charge is 2.26. The van der Waals surface area contributed by atoms with Gasteiger partial charge in [-0.1, -0.05) is 127 Å². The van der Waals surface area contributed by atoms with Gasteiger partial charge in [0.15, 0.2) is 5.58 Å². The van der Waals surface area contributed by atoms with E-state index in [0.29, 0.717) is 11.5 Å². The lowest BCUT2D eigenvalue weighted by Crippen LogP contribution is -2.02. The second-order valence-electron chi connectivity index (χ2n) is 16.1. The first kappa shape index (κ1) is 33.4. The Morgan fingerprint density at radius 3 is 1.92 bits per heavy atom. The summed E-state index contributed by atoms with van der Waals surface area (Å²) in [6.07, 6.45) is 0. The zero-order chi connectivity index (χ0) is 40.5. The van der Waals surface area contributed by atoms with E-state index < -0.39 is 0 Å². The maximum absolute atomic E-state index is 6.99. The fourth-order valence-corrected chi connectivity index (χ4v) is 10.0. The van der Waals surface area contributed by atoms with E-state index in [4.69, 9.17) is 19.1 Å². The lowest BCUT2D eigenvalue weighted by atomic mass is 9.91. The van der Waals surface area contributed by atoms with E-state index in [-0.39, 0.29) is 0 Å². The molecule has 6 heteroatoms. The first-order valence-electron chi connectivity index (χ1n) is 20.9. The number of fused-ring (bicyclic) bond motifs is 12. The van der Waals surface area contributed by atoms with E-state index >= 15 is 0 Å². The Morgan fingerprint density at radius 2 is 1.06 bits per heavy atom. The average Bonchev–Trinajstić information content (AvgIpc) is 3.99. The van der Waals surface area contributed by atoms with Gasteiger partial charge in [-0.15, -0.1) is 0 Å². The van der Waals surface area contributed by atoms with Crippen molar-refractivity contribution in [1.82, 2.24) is 19.1 Å². The third kappa shape index (κ3) is 4.63.